The zero-order valence-corrected chi connectivity index (χ0v) is 85.3. The van der Waals surface area contributed by atoms with Crippen molar-refractivity contribution < 1.29 is 84.2 Å². The minimum Gasteiger partial charge on any atom is -0.481 e. The molecule has 8 aromatic carbocycles. The number of piperidine rings is 3. The molecule has 9 aliphatic rings. The van der Waals surface area contributed by atoms with E-state index in [1.807, 2.05) is 78.9 Å². The molecule has 746 valence electrons. The molecule has 11 aromatic rings. The van der Waals surface area contributed by atoms with Crippen molar-refractivity contribution in [2.75, 3.05) is 50.8 Å². The summed E-state index contributed by atoms with van der Waals surface area (Å²) in [7, 11) is 3.96. The van der Waals surface area contributed by atoms with Gasteiger partial charge in [0.05, 0.1) is 129 Å². The smallest absolute Gasteiger partial charge is 0.330 e. The van der Waals surface area contributed by atoms with Gasteiger partial charge in [0, 0.05) is 132 Å². The van der Waals surface area contributed by atoms with Gasteiger partial charge in [-0.2, -0.15) is 26.3 Å². The number of benzene rings is 8. The zero-order valence-electron chi connectivity index (χ0n) is 78.4. The molecule has 144 heavy (non-hydrogen) atoms. The van der Waals surface area contributed by atoms with Gasteiger partial charge in [-0.1, -0.05) is 128 Å². The van der Waals surface area contributed by atoms with Crippen LogP contribution in [-0.2, 0) is 86.7 Å². The Bertz CT molecular complexity index is 6760. The van der Waals surface area contributed by atoms with Crippen molar-refractivity contribution in [2.45, 2.75) is 190 Å². The van der Waals surface area contributed by atoms with Crippen LogP contribution in [0.2, 0.25) is 30.1 Å². The standard InChI is InChI=1S/C30H29Cl2N3O4.C29H27Cl2N3O4.C19H20Cl2N2O2.C11H10FNO2.C11H8FNO2.C8H4FNO.HI/c1-37-27(36)10-6-17-5-9-25(19(11-17)14-33)35-15-20-12-21(35)13-26(20)38-16-22-29(34-39-30(22)18-7-8-18)28-23(31)3-2-4-24(28)32;30-22-2-1-3-23(31)27(22)28-21(29(38-33-28)17-6-7-17)15-37-25-12-20-11-19(25)14-34(20)24-8-4-16(5-9-26(35)36)10-18(24)13-32;20-14-2-1-3-15(21)17(14)18-13(19(25-23-18)10-4-5-10)9-24-16-7-12-6-11(16)8-22-12;2*1-15-11(14)5-3-8-2-4-10(12)9(6-8)7-13;9-8-2-1-6(5-11)3-7(8)4-10;/h2-5,9,11,18,20-21,26H,6-8,10,12-13,15-16H2,1H3;1-4,8,10,17,19-20,25H,5-7,9,11-12,14-15H2,(H,35,36);1-3,10-12,16,22H,4-9H2;2,4,6H,3,5H2,1H3;2-6H,1H3;1-3,5H;1H/b;;;;5-3+;;/t20-,21-,26+;19-,20-,25+;11-,12-,16+;;;;/m000..../s1. The van der Waals surface area contributed by atoms with Gasteiger partial charge in [0.15, 0.2) is 0 Å². The van der Waals surface area contributed by atoms with Gasteiger partial charge < -0.3 is 62.2 Å². The molecule has 9 fully saturated rings. The van der Waals surface area contributed by atoms with E-state index in [-0.39, 0.29) is 77.7 Å². The summed E-state index contributed by atoms with van der Waals surface area (Å²) in [6.07, 6.45) is 18.5. The number of methoxy groups -OCH3 is 3. The average Bonchev–Trinajstić information content (AvgIpc) is 1.61. The number of esters is 3. The first-order chi connectivity index (χ1) is 69.2. The van der Waals surface area contributed by atoms with Crippen molar-refractivity contribution in [3.63, 3.8) is 0 Å². The third-order valence-electron chi connectivity index (χ3n) is 26.9. The number of aryl methyl sites for hydroxylation is 3. The lowest BCUT2D eigenvalue weighted by atomic mass is 10.0. The van der Waals surface area contributed by atoms with Crippen molar-refractivity contribution in [1.29, 1.82) is 26.3 Å². The van der Waals surface area contributed by atoms with Gasteiger partial charge in [-0.15, -0.1) is 24.0 Å². The summed E-state index contributed by atoms with van der Waals surface area (Å²) >= 11 is 38.8. The number of hydrogen-bond donors (Lipinski definition) is 2. The van der Waals surface area contributed by atoms with Crippen LogP contribution in [0, 0.1) is 91.9 Å². The number of halogens is 10. The molecule has 0 radical (unpaired) electrons. The predicted octanol–water partition coefficient (Wildman–Crippen LogP) is 23.9. The number of nitrogens with zero attached hydrogens (tertiary/aromatic N) is 10. The van der Waals surface area contributed by atoms with E-state index in [0.29, 0.717) is 186 Å². The fourth-order valence-electron chi connectivity index (χ4n) is 19.1. The highest BCUT2D eigenvalue weighted by molar-refractivity contribution is 14.0. The molecule has 6 heterocycles. The molecule has 9 atom stereocenters. The van der Waals surface area contributed by atoms with E-state index >= 15 is 0 Å². The number of anilines is 2. The third kappa shape index (κ3) is 26.6. The second kappa shape index (κ2) is 50.1. The molecule has 0 amide bonds. The molecule has 3 aliphatic heterocycles. The first-order valence-corrected chi connectivity index (χ1v) is 49.1. The monoisotopic (exact) mass is 2180 g/mol. The summed E-state index contributed by atoms with van der Waals surface area (Å²) in [5.41, 5.74) is 13.5. The van der Waals surface area contributed by atoms with Crippen LogP contribution in [0.1, 0.15) is 208 Å². The molecule has 6 saturated carbocycles. The normalized spacial score (nSPS) is 19.3. The topological polar surface area (TPSA) is 377 Å². The van der Waals surface area contributed by atoms with Crippen molar-refractivity contribution in [3.05, 3.63) is 289 Å². The highest BCUT2D eigenvalue weighted by Crippen LogP contribution is 2.53. The minimum atomic E-state index is -0.840. The largest absolute Gasteiger partial charge is 0.481 e. The summed E-state index contributed by atoms with van der Waals surface area (Å²) in [4.78, 5) is 58.8. The number of aromatic nitrogens is 3. The molecule has 36 heteroatoms. The molecule has 0 unspecified atom stereocenters. The van der Waals surface area contributed by atoms with E-state index in [1.165, 1.54) is 82.4 Å². The highest BCUT2D eigenvalue weighted by Gasteiger charge is 2.49. The maximum atomic E-state index is 12.9. The SMILES string of the molecule is COC(=O)/C=C/c1ccc(F)c(C#N)c1.COC(=O)CCc1ccc(F)c(C#N)c1.COC(=O)CCc1ccc(N2C[C@@H]3C[C@H]2C[C@H]3OCc2c(-c3c(Cl)cccc3Cl)noc2C2CC2)c(C#N)c1.Clc1cccc(Cl)c1-c1noc(C2CC2)c1CO[C@@H]1C[C@@H]2C[C@H]1CN2.I.N#Cc1cc(C=O)ccc1F.N#Cc1cc(CCC(=O)O)ccc1N1C[C@@H]2C[C@H]1C[C@H]2OCc1c(-c2c(Cl)cccc2Cl)noc1C1CC1. The van der Waals surface area contributed by atoms with E-state index in [2.05, 4.69) is 52.2 Å². The van der Waals surface area contributed by atoms with Crippen LogP contribution in [-0.4, -0.2) is 128 Å². The molecule has 6 aliphatic carbocycles. The van der Waals surface area contributed by atoms with Crippen LogP contribution in [0.15, 0.2) is 165 Å². The predicted molar refractivity (Wildman–Crippen MR) is 544 cm³/mol. The lowest BCUT2D eigenvalue weighted by Gasteiger charge is -2.34. The van der Waals surface area contributed by atoms with Gasteiger partial charge in [-0.25, -0.2) is 18.0 Å². The second-order valence-electron chi connectivity index (χ2n) is 36.3. The fourth-order valence-corrected chi connectivity index (χ4v) is 20.8. The number of carbonyl (C=O) groups excluding carboxylic acids is 4. The first-order valence-electron chi connectivity index (χ1n) is 46.8. The Morgan fingerprint density at radius 3 is 1.14 bits per heavy atom. The van der Waals surface area contributed by atoms with Gasteiger partial charge in [0.2, 0.25) is 0 Å². The van der Waals surface area contributed by atoms with E-state index < -0.39 is 29.4 Å². The van der Waals surface area contributed by atoms with Gasteiger partial charge in [0.1, 0.15) is 88.4 Å². The number of hydrogen-bond acceptors (Lipinski definition) is 25. The van der Waals surface area contributed by atoms with Crippen LogP contribution in [0.25, 0.3) is 39.8 Å². The Hall–Kier alpha value is -12.2. The summed E-state index contributed by atoms with van der Waals surface area (Å²) in [6.45, 7) is 4.03. The van der Waals surface area contributed by atoms with Gasteiger partial charge in [-0.3, -0.25) is 19.2 Å². The molecule has 6 bridgehead atoms. The summed E-state index contributed by atoms with van der Waals surface area (Å²) in [6, 6.07) is 50.9. The van der Waals surface area contributed by atoms with Crippen LogP contribution >= 0.6 is 93.6 Å². The van der Waals surface area contributed by atoms with Gasteiger partial charge in [0.25, 0.3) is 0 Å². The van der Waals surface area contributed by atoms with Gasteiger partial charge in [-0.05, 0) is 234 Å². The first kappa shape index (κ1) is 108. The van der Waals surface area contributed by atoms with E-state index in [1.54, 1.807) is 36.4 Å². The quantitative estimate of drug-likeness (QED) is 0.0144. The molecule has 0 spiro atoms. The Morgan fingerprint density at radius 1 is 0.451 bits per heavy atom. The number of carboxylic acids is 1. The van der Waals surface area contributed by atoms with Crippen LogP contribution in [0.4, 0.5) is 24.5 Å². The Balaban J connectivity index is 0.000000145. The maximum Gasteiger partial charge on any atom is 0.330 e. The van der Waals surface area contributed by atoms with Crippen molar-refractivity contribution in [2.24, 2.45) is 17.8 Å². The fraction of sp³-hybridized carbons (Fsp3) is 0.361. The summed E-state index contributed by atoms with van der Waals surface area (Å²) in [5.74, 6) is 1.64. The van der Waals surface area contributed by atoms with E-state index in [9.17, 15) is 47.7 Å². The van der Waals surface area contributed by atoms with E-state index in [4.69, 9.17) is 123 Å². The number of nitriles is 5. The number of aliphatic carboxylic acids is 1. The van der Waals surface area contributed by atoms with Crippen LogP contribution in [0.3, 0.4) is 0 Å². The summed E-state index contributed by atoms with van der Waals surface area (Å²) in [5, 5.41) is 74.0. The van der Waals surface area contributed by atoms with Crippen LogP contribution in [0.5, 0.6) is 0 Å². The van der Waals surface area contributed by atoms with Crippen molar-refractivity contribution >= 4 is 141 Å². The average molecular weight is 2190 g/mol. The highest BCUT2D eigenvalue weighted by atomic mass is 127. The molecule has 20 rings (SSSR count). The minimum absolute atomic E-state index is 0. The molecular formula is C108H99Cl6F3IN11O15. The molecule has 26 nitrogen and oxygen atoms in total. The molecule has 3 aromatic heterocycles. The molecule has 2 N–H and O–H groups in total. The lowest BCUT2D eigenvalue weighted by molar-refractivity contribution is -0.141. The maximum absolute atomic E-state index is 12.9. The number of aldehydes is 1. The zero-order chi connectivity index (χ0) is 101. The summed E-state index contributed by atoms with van der Waals surface area (Å²) < 4.78 is 88.6. The van der Waals surface area contributed by atoms with E-state index in [0.717, 1.165) is 170 Å². The van der Waals surface area contributed by atoms with Crippen LogP contribution < -0.4 is 15.1 Å². The Kier molecular flexibility index (Phi) is 37.4. The molecular weight excluding hydrogens is 2090 g/mol. The number of carboxylic acid groups (broad SMARTS) is 1. The number of fused-ring (bicyclic) bond motifs is 6. The molecule has 3 saturated heterocycles. The third-order valence-corrected chi connectivity index (χ3v) is 28.8. The Morgan fingerprint density at radius 2 is 0.806 bits per heavy atom. The number of nitrogens with one attached hydrogen (secondary N) is 1. The van der Waals surface area contributed by atoms with Crippen molar-refractivity contribution in [1.82, 2.24) is 20.8 Å². The number of carbonyl (C=O) groups is 5. The second-order valence-corrected chi connectivity index (χ2v) is 38.7. The number of ether oxygens (including phenoxy) is 6. The van der Waals surface area contributed by atoms with Crippen molar-refractivity contribution in [3.8, 4) is 64.1 Å². The van der Waals surface area contributed by atoms with Gasteiger partial charge >= 0.3 is 23.9 Å². The number of rotatable bonds is 29. The lowest BCUT2D eigenvalue weighted by Crippen LogP contribution is -2.39. The Labute approximate surface area is 877 Å².